The number of ether oxygens (including phenoxy) is 1. The summed E-state index contributed by atoms with van der Waals surface area (Å²) < 4.78 is 7.28. The van der Waals surface area contributed by atoms with Crippen LogP contribution < -0.4 is 34.9 Å². The molecule has 15 rings (SSSR count). The minimum absolute atomic E-state index is 0. The van der Waals surface area contributed by atoms with Crippen molar-refractivity contribution in [2.45, 2.75) is 243 Å². The van der Waals surface area contributed by atoms with Crippen LogP contribution in [0.5, 0.6) is 0 Å². The van der Waals surface area contributed by atoms with E-state index in [-0.39, 0.29) is 118 Å². The van der Waals surface area contributed by atoms with Gasteiger partial charge in [-0.25, -0.2) is 34.5 Å². The molecule has 9 aromatic rings. The van der Waals surface area contributed by atoms with Crippen LogP contribution in [0.4, 0.5) is 0 Å². The van der Waals surface area contributed by atoms with Gasteiger partial charge in [0, 0.05) is 144 Å². The maximum Gasteiger partial charge on any atom is 1.00 e. The topological polar surface area (TPSA) is 549 Å². The van der Waals surface area contributed by atoms with Gasteiger partial charge in [0.15, 0.2) is 0 Å². The van der Waals surface area contributed by atoms with E-state index in [2.05, 4.69) is 41.8 Å². The Morgan fingerprint density at radius 2 is 0.814 bits per heavy atom. The third kappa shape index (κ3) is 21.0. The Morgan fingerprint density at radius 1 is 0.421 bits per heavy atom. The zero-order valence-corrected chi connectivity index (χ0v) is 83.6. The summed E-state index contributed by atoms with van der Waals surface area (Å²) >= 11 is 0. The number of carboxylic acid groups (broad SMARTS) is 8. The first-order valence-corrected chi connectivity index (χ1v) is 46.2. The SMILES string of the molecule is C=CC1=C(C)c2cc3nc(c(CC(=O)N[C@@H](CC(=O)O)C(=O)O)c4[nH]c(cc5[nH]c(cc1n2)c(C)c5CC)c(C)c4C(=O)O)[C@@H](CCC(=O)O)[C@@H]3C.CC1=C(CCC(=O)O)c2cc3nc(cc4[nH]c(cc5[nH]c(cc1n2)c(C)c5C(C)OC(C)c1c(C)c2cc5nc(cc6nc(cc7[nH]c(cc1[nH]2)c(C)c7CCC(=O)O)C(CCC(=O)O)=C6C)C(C)=C5C(C)O)c(C)c4C(C)O)C(C)=C3CCC(=O)O.[H-].[Na+]. The van der Waals surface area contributed by atoms with Crippen LogP contribution in [0.25, 0.3) is 122 Å². The second-order valence-electron chi connectivity index (χ2n) is 36.6. The minimum atomic E-state index is -1.76. The van der Waals surface area contributed by atoms with Gasteiger partial charge in [0.05, 0.1) is 111 Å². The number of nitrogens with one attached hydrogen (secondary N) is 7. The molecule has 1 amide bonds. The van der Waals surface area contributed by atoms with E-state index < -0.39 is 109 Å². The van der Waals surface area contributed by atoms with Crippen LogP contribution in [0.3, 0.4) is 0 Å². The minimum Gasteiger partial charge on any atom is -1.00 e. The molecule has 34 heteroatoms. The van der Waals surface area contributed by atoms with E-state index in [0.29, 0.717) is 130 Å². The van der Waals surface area contributed by atoms with E-state index in [0.717, 1.165) is 117 Å². The Kier molecular flexibility index (Phi) is 30.9. The number of aryl methyl sites for hydroxylation is 8. The monoisotopic (exact) mass is 1910 g/mol. The summed E-state index contributed by atoms with van der Waals surface area (Å²) in [7, 11) is 0. The number of aromatic carboxylic acids is 1. The molecule has 6 aliphatic heterocycles. The van der Waals surface area contributed by atoms with Crippen LogP contribution in [0.2, 0.25) is 0 Å². The number of carbonyl (C=O) groups is 9. The maximum atomic E-state index is 13.6. The molecule has 17 N–H and O–H groups in total. The van der Waals surface area contributed by atoms with E-state index in [9.17, 15) is 94.2 Å². The van der Waals surface area contributed by atoms with Gasteiger partial charge in [-0.1, -0.05) is 26.5 Å². The number of carboxylic acids is 8. The van der Waals surface area contributed by atoms with Crippen LogP contribution >= 0.6 is 0 Å². The van der Waals surface area contributed by atoms with Crippen molar-refractivity contribution < 1.29 is 130 Å². The van der Waals surface area contributed by atoms with Gasteiger partial charge in [-0.05, 0) is 298 Å². The largest absolute Gasteiger partial charge is 1.00 e. The average molecular weight is 1920 g/mol. The van der Waals surface area contributed by atoms with Crippen molar-refractivity contribution in [1.29, 1.82) is 0 Å². The van der Waals surface area contributed by atoms with Crippen LogP contribution in [0.15, 0.2) is 79.4 Å². The normalized spacial score (nSPS) is 15.2. The van der Waals surface area contributed by atoms with Gasteiger partial charge in [0.25, 0.3) is 0 Å². The molecule has 9 aromatic heterocycles. The number of carbonyl (C=O) groups excluding carboxylic acids is 1. The van der Waals surface area contributed by atoms with Gasteiger partial charge >= 0.3 is 77.3 Å². The van der Waals surface area contributed by atoms with Gasteiger partial charge in [-0.2, -0.15) is 0 Å². The predicted molar refractivity (Wildman–Crippen MR) is 532 cm³/mol. The molecule has 33 nitrogen and oxygen atoms in total. The van der Waals surface area contributed by atoms with Crippen molar-refractivity contribution in [3.05, 3.63) is 220 Å². The summed E-state index contributed by atoms with van der Waals surface area (Å²) in [6.45, 7) is 36.4. The fourth-order valence-electron chi connectivity index (χ4n) is 20.2. The first kappa shape index (κ1) is 103. The first-order chi connectivity index (χ1) is 65.7. The van der Waals surface area contributed by atoms with Gasteiger partial charge in [-0.15, -0.1) is 0 Å². The van der Waals surface area contributed by atoms with Crippen molar-refractivity contribution in [3.63, 3.8) is 0 Å². The van der Waals surface area contributed by atoms with Crippen LogP contribution in [-0.2, 0) is 62.4 Å². The van der Waals surface area contributed by atoms with Crippen LogP contribution in [-0.4, -0.2) is 177 Å². The molecule has 24 bridgehead atoms. The number of aliphatic hydroxyl groups excluding tert-OH is 2. The summed E-state index contributed by atoms with van der Waals surface area (Å²) in [6.07, 6.45) is -1.99. The Bertz CT molecular complexity index is 7510. The number of aromatic nitrogens is 12. The number of aliphatic hydroxyl groups is 2. The molecular weight excluding hydrogens is 1800 g/mol. The number of rotatable bonds is 30. The van der Waals surface area contributed by atoms with Crippen molar-refractivity contribution in [1.82, 2.24) is 65.1 Å². The zero-order valence-electron chi connectivity index (χ0n) is 82.6. The Morgan fingerprint density at radius 3 is 1.31 bits per heavy atom. The van der Waals surface area contributed by atoms with Gasteiger partial charge in [-0.3, -0.25) is 38.5 Å². The Labute approximate surface area is 828 Å². The summed E-state index contributed by atoms with van der Waals surface area (Å²) in [5.74, 6) is -11.1. The molecule has 4 unspecified atom stereocenters. The average Bonchev–Trinajstić information content (AvgIpc) is 1.61. The number of H-pyrrole nitrogens is 6. The van der Waals surface area contributed by atoms with Crippen LogP contribution in [0.1, 0.15) is 317 Å². The third-order valence-corrected chi connectivity index (χ3v) is 27.7. The van der Waals surface area contributed by atoms with E-state index in [1.807, 2.05) is 152 Å². The molecule has 7 atom stereocenters. The molecule has 0 saturated heterocycles. The van der Waals surface area contributed by atoms with Crippen molar-refractivity contribution in [2.24, 2.45) is 0 Å². The summed E-state index contributed by atoms with van der Waals surface area (Å²) in [5.41, 5.74) is 30.5. The summed E-state index contributed by atoms with van der Waals surface area (Å²) in [6, 6.07) is 19.1. The second-order valence-corrected chi connectivity index (χ2v) is 36.6. The Balaban J connectivity index is 0.000000281. The van der Waals surface area contributed by atoms with Crippen LogP contribution in [0, 0.1) is 41.5 Å². The summed E-state index contributed by atoms with van der Waals surface area (Å²) in [5, 5.41) is 104. The molecule has 140 heavy (non-hydrogen) atoms. The molecular formula is C106H116N13NaO20. The molecule has 726 valence electrons. The third-order valence-electron chi connectivity index (χ3n) is 27.7. The molecule has 0 radical (unpaired) electrons. The molecule has 15 heterocycles. The number of amides is 1. The first-order valence-electron chi connectivity index (χ1n) is 46.2. The fraction of sp³-hybridized carbons (Fsp3) is 0.349. The number of nitrogens with zero attached hydrogens (tertiary/aromatic N) is 6. The number of aliphatic carboxylic acids is 7. The molecule has 0 saturated carbocycles. The van der Waals surface area contributed by atoms with Crippen molar-refractivity contribution in [2.75, 3.05) is 0 Å². The van der Waals surface area contributed by atoms with E-state index in [1.54, 1.807) is 39.0 Å². The van der Waals surface area contributed by atoms with E-state index >= 15 is 0 Å². The van der Waals surface area contributed by atoms with E-state index in [1.165, 1.54) is 0 Å². The maximum absolute atomic E-state index is 13.6. The number of aromatic amines is 6. The van der Waals surface area contributed by atoms with Crippen molar-refractivity contribution in [3.8, 4) is 0 Å². The molecule has 6 aliphatic rings. The smallest absolute Gasteiger partial charge is 1.00 e. The second kappa shape index (κ2) is 41.9. The number of allylic oxidation sites excluding steroid dienone is 10. The summed E-state index contributed by atoms with van der Waals surface area (Å²) in [4.78, 5) is 161. The molecule has 0 spiro atoms. The molecule has 0 aromatic carbocycles. The van der Waals surface area contributed by atoms with E-state index in [4.69, 9.17) is 34.6 Å². The number of fused-ring (bicyclic) bond motifs is 24. The predicted octanol–water partition coefficient (Wildman–Crippen LogP) is 16.5. The number of hydrogen-bond donors (Lipinski definition) is 17. The van der Waals surface area contributed by atoms with Crippen molar-refractivity contribution >= 4 is 176 Å². The zero-order chi connectivity index (χ0) is 101. The number of hydrogen-bond acceptors (Lipinski definition) is 18. The fourth-order valence-corrected chi connectivity index (χ4v) is 20.2. The Hall–Kier alpha value is -14.1. The van der Waals surface area contributed by atoms with Gasteiger partial charge < -0.3 is 92.4 Å². The van der Waals surface area contributed by atoms with Gasteiger partial charge in [0.2, 0.25) is 5.91 Å². The molecule has 0 fully saturated rings. The molecule has 0 aliphatic carbocycles. The quantitative estimate of drug-likeness (QED) is 0.0186. The van der Waals surface area contributed by atoms with Gasteiger partial charge in [0.1, 0.15) is 6.04 Å². The standard InChI is InChI=1S/C68H74N8O11.C38H41N5O9.Na.H/c1-29-41(13-17-61(79)80)53-28-56-44(16-20-64(85)86)32(4)48(72-56)24-59-68(36(8)52(76-59)25-58-65(37(9)77)33(5)49(73-58)21-45(29)69-53)40(12)87-39(11)67-35(7)50-22-46-30(2)42(14-18-62(81)82)54(70-46)27-55-43(15-19-63(83)84)31(3)47(71-55)23-57-66(38(10)78)34(6)51(74-57)26-60(67)75-50;1-7-20-16(3)24-12-26-18(5)22(9-10-32(45)46)35(42-26)23(11-31(44)41-30(37(49)50)15-33(47)48)36-34(38(51)52)19(6)27(43-36)14-29-21(8-2)17(4)25(40-29)13-28(20)39-24;;/h21-28,37-40,72,74-78H,13-20H2,1-12H3,(H,79,80)(H,81,82)(H,83,84)(H,85,86);7,12-14,18,22,30,40,43H,1,8-11,15H2,2-6H3,(H,41,44)(H,45,46)(H,47,48)(H,49,50)(H,51,52);;/q;;+1;-1/t;18-,22-,30-;;/m.0../s1.